The van der Waals surface area contributed by atoms with Gasteiger partial charge in [-0.25, -0.2) is 5.43 Å². The molecule has 0 aliphatic heterocycles. The van der Waals surface area contributed by atoms with Crippen molar-refractivity contribution in [2.75, 3.05) is 5.75 Å². The molecule has 138 valence electrons. The van der Waals surface area contributed by atoms with E-state index < -0.39 is 10.0 Å². The van der Waals surface area contributed by atoms with Gasteiger partial charge in [0.25, 0.3) is 10.0 Å². The lowest BCUT2D eigenvalue weighted by atomic mass is 10.2. The Kier molecular flexibility index (Phi) is 7.07. The molecule has 2 aromatic carbocycles. The van der Waals surface area contributed by atoms with Crippen LogP contribution in [0.2, 0.25) is 5.02 Å². The number of nitrogens with one attached hydrogen (secondary N) is 1. The molecule has 0 aromatic heterocycles. The Balaban J connectivity index is 2.25. The molecule has 6 nitrogen and oxygen atoms in total. The summed E-state index contributed by atoms with van der Waals surface area (Å²) in [6.07, 6.45) is 1.51. The number of guanidine groups is 1. The lowest BCUT2D eigenvalue weighted by molar-refractivity contribution is 0.595. The summed E-state index contributed by atoms with van der Waals surface area (Å²) in [7, 11) is -4.00. The van der Waals surface area contributed by atoms with Crippen molar-refractivity contribution in [1.82, 2.24) is 5.43 Å². The van der Waals surface area contributed by atoms with Gasteiger partial charge in [0.15, 0.2) is 0 Å². The molecular weight excluding hydrogens is 392 g/mol. The summed E-state index contributed by atoms with van der Waals surface area (Å²) >= 11 is 7.47. The molecular formula is C17H19ClN4O2S2. The van der Waals surface area contributed by atoms with Gasteiger partial charge in [0.1, 0.15) is 4.90 Å². The van der Waals surface area contributed by atoms with Crippen molar-refractivity contribution in [2.24, 2.45) is 15.2 Å². The molecule has 0 amide bonds. The van der Waals surface area contributed by atoms with Gasteiger partial charge in [-0.2, -0.15) is 13.5 Å². The number of thioether (sulfide) groups is 1. The number of nitrogens with zero attached hydrogens (tertiary/aromatic N) is 2. The first kappa shape index (κ1) is 20.3. The van der Waals surface area contributed by atoms with E-state index in [0.29, 0.717) is 21.2 Å². The van der Waals surface area contributed by atoms with Crippen molar-refractivity contribution in [3.05, 3.63) is 58.6 Å². The highest BCUT2D eigenvalue weighted by molar-refractivity contribution is 8.00. The summed E-state index contributed by atoms with van der Waals surface area (Å²) in [5.41, 5.74) is 9.57. The van der Waals surface area contributed by atoms with Crippen molar-refractivity contribution in [3.8, 4) is 0 Å². The summed E-state index contributed by atoms with van der Waals surface area (Å²) in [6, 6.07) is 12.4. The number of hydrogen-bond donors (Lipinski definition) is 2. The number of hydrogen-bond acceptors (Lipinski definition) is 4. The van der Waals surface area contributed by atoms with Crippen LogP contribution < -0.4 is 11.2 Å². The lowest BCUT2D eigenvalue weighted by Crippen LogP contribution is -2.28. The number of rotatable bonds is 6. The summed E-state index contributed by atoms with van der Waals surface area (Å²) in [5.74, 6) is 0.373. The van der Waals surface area contributed by atoms with Crippen molar-refractivity contribution < 1.29 is 8.42 Å². The first-order valence-electron chi connectivity index (χ1n) is 7.71. The fraction of sp³-hybridized carbons (Fsp3) is 0.176. The predicted octanol–water partition coefficient (Wildman–Crippen LogP) is 3.39. The Morgan fingerprint density at radius 3 is 2.65 bits per heavy atom. The minimum absolute atomic E-state index is 0.0723. The molecule has 0 bridgehead atoms. The van der Waals surface area contributed by atoms with Crippen molar-refractivity contribution in [2.45, 2.75) is 23.6 Å². The van der Waals surface area contributed by atoms with E-state index >= 15 is 0 Å². The van der Waals surface area contributed by atoms with E-state index in [4.69, 9.17) is 17.3 Å². The standard InChI is InChI=1S/C17H19ClN4O2S2/c1-3-25-15-10-14(18)12(2)9-16(15)26(23,24)22-17(19)21-20-11-13-7-5-4-6-8-13/h4-11H,3H2,1-2H3,(H3,19,21,22)/b20-11+. The van der Waals surface area contributed by atoms with Gasteiger partial charge in [-0.3, -0.25) is 0 Å². The number of nitrogens with two attached hydrogens (primary N) is 1. The third-order valence-electron chi connectivity index (χ3n) is 3.21. The van der Waals surface area contributed by atoms with Gasteiger partial charge in [0.2, 0.25) is 5.96 Å². The van der Waals surface area contributed by atoms with Crippen LogP contribution in [0, 0.1) is 6.92 Å². The SMILES string of the molecule is CCSc1cc(Cl)c(C)cc1S(=O)(=O)/N=C(/N)N/N=C/c1ccccc1. The van der Waals surface area contributed by atoms with Gasteiger partial charge in [-0.05, 0) is 35.9 Å². The average Bonchev–Trinajstić information content (AvgIpc) is 2.58. The maximum atomic E-state index is 12.6. The van der Waals surface area contributed by atoms with Crippen LogP contribution >= 0.6 is 23.4 Å². The Bertz CT molecular complexity index is 929. The van der Waals surface area contributed by atoms with Crippen LogP contribution in [-0.4, -0.2) is 26.3 Å². The normalized spacial score (nSPS) is 12.5. The van der Waals surface area contributed by atoms with Gasteiger partial charge in [-0.15, -0.1) is 16.2 Å². The second kappa shape index (κ2) is 9.07. The molecule has 2 aromatic rings. The Morgan fingerprint density at radius 1 is 1.31 bits per heavy atom. The molecule has 26 heavy (non-hydrogen) atoms. The summed E-state index contributed by atoms with van der Waals surface area (Å²) < 4.78 is 28.8. The molecule has 0 atom stereocenters. The zero-order valence-corrected chi connectivity index (χ0v) is 16.7. The highest BCUT2D eigenvalue weighted by Gasteiger charge is 2.20. The molecule has 0 aliphatic carbocycles. The van der Waals surface area contributed by atoms with Gasteiger partial charge in [0.05, 0.1) is 6.21 Å². The number of benzene rings is 2. The largest absolute Gasteiger partial charge is 0.368 e. The summed E-state index contributed by atoms with van der Waals surface area (Å²) in [4.78, 5) is 0.607. The van der Waals surface area contributed by atoms with Gasteiger partial charge >= 0.3 is 0 Å². The highest BCUT2D eigenvalue weighted by atomic mass is 35.5. The zero-order chi connectivity index (χ0) is 19.2. The first-order chi connectivity index (χ1) is 12.3. The average molecular weight is 411 g/mol. The topological polar surface area (TPSA) is 96.9 Å². The highest BCUT2D eigenvalue weighted by Crippen LogP contribution is 2.32. The summed E-state index contributed by atoms with van der Waals surface area (Å²) in [5, 5.41) is 4.39. The summed E-state index contributed by atoms with van der Waals surface area (Å²) in [6.45, 7) is 3.66. The molecule has 0 saturated carbocycles. The second-order valence-electron chi connectivity index (χ2n) is 5.21. The van der Waals surface area contributed by atoms with E-state index in [1.165, 1.54) is 24.0 Å². The van der Waals surface area contributed by atoms with Crippen LogP contribution in [0.15, 0.2) is 61.8 Å². The third-order valence-corrected chi connectivity index (χ3v) is 6.02. The monoisotopic (exact) mass is 410 g/mol. The van der Waals surface area contributed by atoms with E-state index in [2.05, 4.69) is 14.9 Å². The molecule has 2 rings (SSSR count). The fourth-order valence-electron chi connectivity index (χ4n) is 2.02. The molecule has 9 heteroatoms. The minimum Gasteiger partial charge on any atom is -0.368 e. The van der Waals surface area contributed by atoms with E-state index in [-0.39, 0.29) is 10.9 Å². The van der Waals surface area contributed by atoms with Gasteiger partial charge < -0.3 is 5.73 Å². The molecule has 0 aliphatic rings. The van der Waals surface area contributed by atoms with Crippen LogP contribution in [0.5, 0.6) is 0 Å². The lowest BCUT2D eigenvalue weighted by Gasteiger charge is -2.10. The zero-order valence-electron chi connectivity index (χ0n) is 14.3. The van der Waals surface area contributed by atoms with E-state index in [1.54, 1.807) is 13.0 Å². The molecule has 0 heterocycles. The number of halogens is 1. The molecule has 0 spiro atoms. The Morgan fingerprint density at radius 2 is 2.00 bits per heavy atom. The van der Waals surface area contributed by atoms with Crippen LogP contribution in [0.3, 0.4) is 0 Å². The third kappa shape index (κ3) is 5.48. The second-order valence-corrected chi connectivity index (χ2v) is 8.50. The molecule has 0 unspecified atom stereocenters. The Labute approximate surface area is 162 Å². The van der Waals surface area contributed by atoms with E-state index in [9.17, 15) is 8.42 Å². The molecule has 0 radical (unpaired) electrons. The van der Waals surface area contributed by atoms with Crippen molar-refractivity contribution >= 4 is 45.6 Å². The van der Waals surface area contributed by atoms with Crippen molar-refractivity contribution in [3.63, 3.8) is 0 Å². The molecule has 0 saturated heterocycles. The quantitative estimate of drug-likeness (QED) is 0.329. The van der Waals surface area contributed by atoms with E-state index in [0.717, 1.165) is 5.56 Å². The van der Waals surface area contributed by atoms with Crippen LogP contribution in [0.25, 0.3) is 0 Å². The van der Waals surface area contributed by atoms with Crippen LogP contribution in [0.4, 0.5) is 0 Å². The number of hydrazone groups is 1. The molecule has 3 N–H and O–H groups in total. The first-order valence-corrected chi connectivity index (χ1v) is 10.5. The molecule has 0 fully saturated rings. The van der Waals surface area contributed by atoms with E-state index in [1.807, 2.05) is 37.3 Å². The maximum Gasteiger partial charge on any atom is 0.286 e. The van der Waals surface area contributed by atoms with Crippen LogP contribution in [0.1, 0.15) is 18.1 Å². The maximum absolute atomic E-state index is 12.6. The van der Waals surface area contributed by atoms with Crippen LogP contribution in [-0.2, 0) is 10.0 Å². The fourth-order valence-corrected chi connectivity index (χ4v) is 4.49. The van der Waals surface area contributed by atoms with Crippen molar-refractivity contribution in [1.29, 1.82) is 0 Å². The smallest absolute Gasteiger partial charge is 0.286 e. The Hall–Kier alpha value is -2.03. The predicted molar refractivity (Wildman–Crippen MR) is 109 cm³/mol. The number of aryl methyl sites for hydroxylation is 1. The van der Waals surface area contributed by atoms with Gasteiger partial charge in [0, 0.05) is 9.92 Å². The minimum atomic E-state index is -4.00. The van der Waals surface area contributed by atoms with Gasteiger partial charge in [-0.1, -0.05) is 48.9 Å². The number of sulfonamides is 1.